The van der Waals surface area contributed by atoms with E-state index >= 15 is 0 Å². The van der Waals surface area contributed by atoms with Gasteiger partial charge in [0.1, 0.15) is 0 Å². The Bertz CT molecular complexity index is 468. The highest BCUT2D eigenvalue weighted by Gasteiger charge is 2.23. The monoisotopic (exact) mass is 187 g/mol. The Hall–Kier alpha value is -1.51. The minimum atomic E-state index is 0.651. The third-order valence-electron chi connectivity index (χ3n) is 2.82. The number of rotatable bonds is 2. The molecule has 1 aliphatic carbocycles. The van der Waals surface area contributed by atoms with Gasteiger partial charge in [-0.3, -0.25) is 0 Å². The summed E-state index contributed by atoms with van der Waals surface area (Å²) < 4.78 is 2.13. The molecule has 1 saturated carbocycles. The smallest absolute Gasteiger partial charge is 0.201 e. The van der Waals surface area contributed by atoms with Crippen LogP contribution in [-0.4, -0.2) is 9.55 Å². The number of fused-ring (bicyclic) bond motifs is 1. The lowest BCUT2D eigenvalue weighted by Crippen LogP contribution is -2.04. The Balaban J connectivity index is 2.13. The van der Waals surface area contributed by atoms with Gasteiger partial charge in [-0.2, -0.15) is 0 Å². The van der Waals surface area contributed by atoms with Gasteiger partial charge in [0.15, 0.2) is 0 Å². The molecule has 0 radical (unpaired) electrons. The van der Waals surface area contributed by atoms with Gasteiger partial charge in [0.25, 0.3) is 0 Å². The molecular formula is C11H13N3. The molecule has 0 aliphatic heterocycles. The van der Waals surface area contributed by atoms with E-state index in [2.05, 4.69) is 15.6 Å². The number of benzene rings is 1. The van der Waals surface area contributed by atoms with Crippen molar-refractivity contribution in [3.63, 3.8) is 0 Å². The van der Waals surface area contributed by atoms with E-state index in [-0.39, 0.29) is 0 Å². The maximum absolute atomic E-state index is 5.88. The maximum Gasteiger partial charge on any atom is 0.201 e. The van der Waals surface area contributed by atoms with Crippen molar-refractivity contribution < 1.29 is 0 Å². The number of imidazole rings is 1. The molecule has 1 aromatic carbocycles. The lowest BCUT2D eigenvalue weighted by molar-refractivity contribution is 0.650. The van der Waals surface area contributed by atoms with E-state index in [4.69, 9.17) is 5.73 Å². The predicted octanol–water partition coefficient (Wildman–Crippen LogP) is 2.03. The van der Waals surface area contributed by atoms with Crippen molar-refractivity contribution in [1.29, 1.82) is 0 Å². The zero-order valence-corrected chi connectivity index (χ0v) is 7.98. The zero-order chi connectivity index (χ0) is 9.54. The van der Waals surface area contributed by atoms with Crippen LogP contribution in [0.2, 0.25) is 0 Å². The standard InChI is InChI=1S/C11H13N3/c12-11-13-9-3-1-2-4-10(9)14(11)7-8-5-6-8/h1-4,8H,5-7H2,(H2,12,13). The Morgan fingerprint density at radius 3 is 2.93 bits per heavy atom. The summed E-state index contributed by atoms with van der Waals surface area (Å²) in [5.41, 5.74) is 8.05. The molecule has 1 heterocycles. The molecule has 0 atom stereocenters. The summed E-state index contributed by atoms with van der Waals surface area (Å²) in [4.78, 5) is 4.33. The Morgan fingerprint density at radius 2 is 2.14 bits per heavy atom. The van der Waals surface area contributed by atoms with Crippen LogP contribution in [0.25, 0.3) is 11.0 Å². The molecule has 14 heavy (non-hydrogen) atoms. The first kappa shape index (κ1) is 7.85. The highest BCUT2D eigenvalue weighted by atomic mass is 15.2. The normalized spacial score (nSPS) is 16.3. The molecule has 72 valence electrons. The minimum Gasteiger partial charge on any atom is -0.369 e. The first-order valence-electron chi connectivity index (χ1n) is 5.05. The Labute approximate surface area is 82.5 Å². The summed E-state index contributed by atoms with van der Waals surface area (Å²) in [6.45, 7) is 1.03. The van der Waals surface area contributed by atoms with E-state index in [0.29, 0.717) is 5.95 Å². The Kier molecular flexibility index (Phi) is 1.54. The van der Waals surface area contributed by atoms with Crippen molar-refractivity contribution >= 4 is 17.0 Å². The van der Waals surface area contributed by atoms with E-state index in [0.717, 1.165) is 23.5 Å². The van der Waals surface area contributed by atoms with E-state index in [1.54, 1.807) is 0 Å². The highest BCUT2D eigenvalue weighted by molar-refractivity contribution is 5.78. The molecule has 0 unspecified atom stereocenters. The number of nitrogen functional groups attached to an aromatic ring is 1. The molecule has 0 saturated heterocycles. The van der Waals surface area contributed by atoms with Crippen LogP contribution < -0.4 is 5.73 Å². The third-order valence-corrected chi connectivity index (χ3v) is 2.82. The minimum absolute atomic E-state index is 0.651. The average molecular weight is 187 g/mol. The predicted molar refractivity (Wildman–Crippen MR) is 56.9 cm³/mol. The lowest BCUT2D eigenvalue weighted by Gasteiger charge is -2.03. The molecule has 2 aromatic rings. The largest absolute Gasteiger partial charge is 0.369 e. The van der Waals surface area contributed by atoms with E-state index in [1.165, 1.54) is 12.8 Å². The molecule has 1 aliphatic rings. The number of aromatic nitrogens is 2. The molecule has 3 nitrogen and oxygen atoms in total. The van der Waals surface area contributed by atoms with Crippen molar-refractivity contribution in [3.05, 3.63) is 24.3 Å². The van der Waals surface area contributed by atoms with Crippen molar-refractivity contribution in [3.8, 4) is 0 Å². The van der Waals surface area contributed by atoms with Crippen molar-refractivity contribution in [2.24, 2.45) is 5.92 Å². The SMILES string of the molecule is Nc1nc2ccccc2n1CC1CC1. The topological polar surface area (TPSA) is 43.8 Å². The zero-order valence-electron chi connectivity index (χ0n) is 7.98. The summed E-state index contributed by atoms with van der Waals surface area (Å²) in [6.07, 6.45) is 2.68. The van der Waals surface area contributed by atoms with Crippen LogP contribution >= 0.6 is 0 Å². The Morgan fingerprint density at radius 1 is 1.36 bits per heavy atom. The molecule has 0 spiro atoms. The van der Waals surface area contributed by atoms with Gasteiger partial charge < -0.3 is 10.3 Å². The van der Waals surface area contributed by atoms with Crippen molar-refractivity contribution in [2.75, 3.05) is 5.73 Å². The summed E-state index contributed by atoms with van der Waals surface area (Å²) in [5, 5.41) is 0. The van der Waals surface area contributed by atoms with Crippen LogP contribution in [-0.2, 0) is 6.54 Å². The number of para-hydroxylation sites is 2. The number of nitrogens with zero attached hydrogens (tertiary/aromatic N) is 2. The summed E-state index contributed by atoms with van der Waals surface area (Å²) in [6, 6.07) is 8.12. The van der Waals surface area contributed by atoms with E-state index in [1.807, 2.05) is 18.2 Å². The number of hydrogen-bond donors (Lipinski definition) is 1. The van der Waals surface area contributed by atoms with Crippen LogP contribution in [0.3, 0.4) is 0 Å². The molecule has 3 rings (SSSR count). The molecule has 1 fully saturated rings. The van der Waals surface area contributed by atoms with Gasteiger partial charge in [-0.1, -0.05) is 12.1 Å². The lowest BCUT2D eigenvalue weighted by atomic mass is 10.3. The first-order chi connectivity index (χ1) is 6.84. The summed E-state index contributed by atoms with van der Waals surface area (Å²) >= 11 is 0. The van der Waals surface area contributed by atoms with Crippen molar-refractivity contribution in [1.82, 2.24) is 9.55 Å². The average Bonchev–Trinajstić information content (AvgIpc) is 2.93. The van der Waals surface area contributed by atoms with Crippen LogP contribution in [0.1, 0.15) is 12.8 Å². The van der Waals surface area contributed by atoms with Crippen LogP contribution in [0.5, 0.6) is 0 Å². The molecule has 0 amide bonds. The number of anilines is 1. The molecular weight excluding hydrogens is 174 g/mol. The molecule has 3 heteroatoms. The molecule has 0 bridgehead atoms. The quantitative estimate of drug-likeness (QED) is 0.781. The van der Waals surface area contributed by atoms with Gasteiger partial charge in [-0.25, -0.2) is 4.98 Å². The highest BCUT2D eigenvalue weighted by Crippen LogP contribution is 2.32. The van der Waals surface area contributed by atoms with E-state index in [9.17, 15) is 0 Å². The van der Waals surface area contributed by atoms with Gasteiger partial charge >= 0.3 is 0 Å². The van der Waals surface area contributed by atoms with Crippen LogP contribution in [0, 0.1) is 5.92 Å². The third kappa shape index (κ3) is 1.16. The fourth-order valence-corrected chi connectivity index (χ4v) is 1.84. The van der Waals surface area contributed by atoms with Gasteiger partial charge in [0.05, 0.1) is 11.0 Å². The fraction of sp³-hybridized carbons (Fsp3) is 0.364. The second-order valence-electron chi connectivity index (χ2n) is 4.01. The van der Waals surface area contributed by atoms with Gasteiger partial charge in [0.2, 0.25) is 5.95 Å². The van der Waals surface area contributed by atoms with Crippen LogP contribution in [0.4, 0.5) is 5.95 Å². The second kappa shape index (κ2) is 2.74. The second-order valence-corrected chi connectivity index (χ2v) is 4.01. The first-order valence-corrected chi connectivity index (χ1v) is 5.05. The van der Waals surface area contributed by atoms with E-state index < -0.39 is 0 Å². The summed E-state index contributed by atoms with van der Waals surface area (Å²) in [7, 11) is 0. The van der Waals surface area contributed by atoms with Crippen LogP contribution in [0.15, 0.2) is 24.3 Å². The molecule has 1 aromatic heterocycles. The fourth-order valence-electron chi connectivity index (χ4n) is 1.84. The number of hydrogen-bond acceptors (Lipinski definition) is 2. The van der Waals surface area contributed by atoms with Gasteiger partial charge in [-0.05, 0) is 30.9 Å². The molecule has 2 N–H and O–H groups in total. The van der Waals surface area contributed by atoms with Gasteiger partial charge in [0, 0.05) is 6.54 Å². The van der Waals surface area contributed by atoms with Gasteiger partial charge in [-0.15, -0.1) is 0 Å². The maximum atomic E-state index is 5.88. The van der Waals surface area contributed by atoms with Crippen molar-refractivity contribution in [2.45, 2.75) is 19.4 Å². The number of nitrogens with two attached hydrogens (primary N) is 1. The summed E-state index contributed by atoms with van der Waals surface area (Å²) in [5.74, 6) is 1.48.